The number of nitrogens with zero attached hydrogens (tertiary/aromatic N) is 1. The van der Waals surface area contributed by atoms with E-state index < -0.39 is 0 Å². The molecule has 0 saturated carbocycles. The van der Waals surface area contributed by atoms with E-state index in [9.17, 15) is 4.79 Å². The monoisotopic (exact) mass is 154 g/mol. The largest absolute Gasteiger partial charge is 0.334 e. The molecule has 3 aliphatic rings. The highest BCUT2D eigenvalue weighted by Crippen LogP contribution is 2.28. The number of hydrogen-bond acceptors (Lipinski definition) is 2. The van der Waals surface area contributed by atoms with Gasteiger partial charge in [-0.05, 0) is 6.42 Å². The first-order valence-corrected chi connectivity index (χ1v) is 4.34. The van der Waals surface area contributed by atoms with Crippen molar-refractivity contribution in [2.45, 2.75) is 31.8 Å². The predicted molar refractivity (Wildman–Crippen MR) is 42.2 cm³/mol. The molecule has 2 bridgehead atoms. The molecule has 62 valence electrons. The van der Waals surface area contributed by atoms with Crippen LogP contribution in [-0.2, 0) is 4.79 Å². The van der Waals surface area contributed by atoms with Crippen molar-refractivity contribution in [1.82, 2.24) is 10.2 Å². The molecule has 1 N–H and O–H groups in total. The third-order valence-electron chi connectivity index (χ3n) is 2.68. The number of piperazine rings is 1. The smallest absolute Gasteiger partial charge is 0.222 e. The number of carbonyl (C=O) groups is 1. The van der Waals surface area contributed by atoms with Crippen molar-refractivity contribution in [2.75, 3.05) is 13.1 Å². The van der Waals surface area contributed by atoms with Crippen LogP contribution in [0.25, 0.3) is 0 Å². The van der Waals surface area contributed by atoms with E-state index in [2.05, 4.69) is 10.2 Å². The lowest BCUT2D eigenvalue weighted by Gasteiger charge is -2.53. The van der Waals surface area contributed by atoms with Gasteiger partial charge >= 0.3 is 0 Å². The van der Waals surface area contributed by atoms with Gasteiger partial charge in [0.05, 0.1) is 0 Å². The van der Waals surface area contributed by atoms with Crippen LogP contribution in [0.5, 0.6) is 0 Å². The maximum absolute atomic E-state index is 11.3. The fourth-order valence-electron chi connectivity index (χ4n) is 2.07. The average molecular weight is 154 g/mol. The first-order chi connectivity index (χ1) is 5.33. The maximum Gasteiger partial charge on any atom is 0.222 e. The zero-order valence-corrected chi connectivity index (χ0v) is 6.84. The quantitative estimate of drug-likeness (QED) is 0.575. The second kappa shape index (κ2) is 2.48. The Hall–Kier alpha value is -0.570. The van der Waals surface area contributed by atoms with Crippen molar-refractivity contribution in [3.8, 4) is 0 Å². The third-order valence-corrected chi connectivity index (χ3v) is 2.68. The molecule has 3 saturated heterocycles. The van der Waals surface area contributed by atoms with E-state index in [1.807, 2.05) is 6.92 Å². The lowest BCUT2D eigenvalue weighted by atomic mass is 9.88. The van der Waals surface area contributed by atoms with Gasteiger partial charge in [-0.15, -0.1) is 0 Å². The molecule has 0 radical (unpaired) electrons. The number of piperidine rings is 1. The van der Waals surface area contributed by atoms with Gasteiger partial charge in [0.1, 0.15) is 0 Å². The minimum absolute atomic E-state index is 0.327. The second-order valence-electron chi connectivity index (χ2n) is 3.36. The molecule has 0 aromatic rings. The number of rotatable bonds is 1. The molecule has 3 aliphatic heterocycles. The van der Waals surface area contributed by atoms with Gasteiger partial charge in [0, 0.05) is 31.6 Å². The lowest BCUT2D eigenvalue weighted by Crippen LogP contribution is -2.69. The first-order valence-electron chi connectivity index (χ1n) is 4.34. The summed E-state index contributed by atoms with van der Waals surface area (Å²) in [6.07, 6.45) is 1.88. The summed E-state index contributed by atoms with van der Waals surface area (Å²) in [5.41, 5.74) is 0. The normalized spacial score (nSPS) is 34.8. The van der Waals surface area contributed by atoms with Gasteiger partial charge in [-0.1, -0.05) is 6.92 Å². The van der Waals surface area contributed by atoms with Crippen LogP contribution in [0.4, 0.5) is 0 Å². The maximum atomic E-state index is 11.3. The SMILES string of the molecule is CCC(=O)N1C2CNCC1C2. The minimum atomic E-state index is 0.327. The van der Waals surface area contributed by atoms with Crippen molar-refractivity contribution in [2.24, 2.45) is 0 Å². The Kier molecular flexibility index (Phi) is 1.60. The van der Waals surface area contributed by atoms with Gasteiger partial charge in [0.15, 0.2) is 0 Å². The summed E-state index contributed by atoms with van der Waals surface area (Å²) < 4.78 is 0. The molecule has 3 heteroatoms. The summed E-state index contributed by atoms with van der Waals surface area (Å²) >= 11 is 0. The molecule has 3 fully saturated rings. The Bertz CT molecular complexity index is 167. The summed E-state index contributed by atoms with van der Waals surface area (Å²) in [5.74, 6) is 0.327. The average Bonchev–Trinajstić information content (AvgIpc) is 2.05. The highest BCUT2D eigenvalue weighted by molar-refractivity contribution is 5.77. The second-order valence-corrected chi connectivity index (χ2v) is 3.36. The van der Waals surface area contributed by atoms with Gasteiger partial charge in [-0.25, -0.2) is 0 Å². The van der Waals surface area contributed by atoms with Gasteiger partial charge in [-0.3, -0.25) is 4.79 Å². The van der Waals surface area contributed by atoms with E-state index in [1.54, 1.807) is 0 Å². The molecule has 3 nitrogen and oxygen atoms in total. The molecule has 3 heterocycles. The van der Waals surface area contributed by atoms with Gasteiger partial charge in [0.25, 0.3) is 0 Å². The van der Waals surface area contributed by atoms with Crippen molar-refractivity contribution < 1.29 is 4.79 Å². The molecule has 3 rings (SSSR count). The van der Waals surface area contributed by atoms with Crippen LogP contribution in [-0.4, -0.2) is 36.0 Å². The van der Waals surface area contributed by atoms with E-state index in [1.165, 1.54) is 6.42 Å². The molecule has 2 unspecified atom stereocenters. The number of carbonyl (C=O) groups excluding carboxylic acids is 1. The fraction of sp³-hybridized carbons (Fsp3) is 0.875. The van der Waals surface area contributed by atoms with Crippen LogP contribution in [0.3, 0.4) is 0 Å². The number of nitrogens with one attached hydrogen (secondary N) is 1. The summed E-state index contributed by atoms with van der Waals surface area (Å²) in [6.45, 7) is 3.94. The van der Waals surface area contributed by atoms with Crippen LogP contribution in [0.2, 0.25) is 0 Å². The summed E-state index contributed by atoms with van der Waals surface area (Å²) in [6, 6.07) is 1.03. The topological polar surface area (TPSA) is 32.3 Å². The molecule has 0 aromatic heterocycles. The van der Waals surface area contributed by atoms with Crippen LogP contribution >= 0.6 is 0 Å². The molecule has 11 heavy (non-hydrogen) atoms. The van der Waals surface area contributed by atoms with E-state index >= 15 is 0 Å². The van der Waals surface area contributed by atoms with Crippen molar-refractivity contribution in [3.63, 3.8) is 0 Å². The first kappa shape index (κ1) is 7.10. The molecule has 0 aromatic carbocycles. The Morgan fingerprint density at radius 1 is 1.55 bits per heavy atom. The number of fused-ring (bicyclic) bond motifs is 2. The Labute approximate surface area is 66.8 Å². The Morgan fingerprint density at radius 3 is 2.64 bits per heavy atom. The predicted octanol–water partition coefficient (Wildman–Crippen LogP) is -0.0309. The number of hydrogen-bond donors (Lipinski definition) is 1. The molecule has 1 amide bonds. The molecule has 2 atom stereocenters. The third kappa shape index (κ3) is 0.948. The highest BCUT2D eigenvalue weighted by Gasteiger charge is 2.43. The van der Waals surface area contributed by atoms with Crippen molar-refractivity contribution in [3.05, 3.63) is 0 Å². The Morgan fingerprint density at radius 2 is 2.18 bits per heavy atom. The zero-order chi connectivity index (χ0) is 7.84. The van der Waals surface area contributed by atoms with Crippen LogP contribution in [0.1, 0.15) is 19.8 Å². The Balaban J connectivity index is 2.00. The molecular formula is C8H14N2O. The van der Waals surface area contributed by atoms with Crippen LogP contribution < -0.4 is 5.32 Å². The van der Waals surface area contributed by atoms with E-state index in [4.69, 9.17) is 0 Å². The summed E-state index contributed by atoms with van der Waals surface area (Å²) in [5, 5.41) is 3.30. The molecular weight excluding hydrogens is 140 g/mol. The summed E-state index contributed by atoms with van der Waals surface area (Å²) in [4.78, 5) is 13.4. The minimum Gasteiger partial charge on any atom is -0.334 e. The summed E-state index contributed by atoms with van der Waals surface area (Å²) in [7, 11) is 0. The fourth-order valence-corrected chi connectivity index (χ4v) is 2.07. The van der Waals surface area contributed by atoms with E-state index in [0.717, 1.165) is 13.1 Å². The van der Waals surface area contributed by atoms with Gasteiger partial charge in [-0.2, -0.15) is 0 Å². The van der Waals surface area contributed by atoms with E-state index in [0.29, 0.717) is 24.4 Å². The van der Waals surface area contributed by atoms with Crippen molar-refractivity contribution >= 4 is 5.91 Å². The lowest BCUT2D eigenvalue weighted by molar-refractivity contribution is -0.146. The van der Waals surface area contributed by atoms with Gasteiger partial charge < -0.3 is 10.2 Å². The van der Waals surface area contributed by atoms with Gasteiger partial charge in [0.2, 0.25) is 5.91 Å². The number of amides is 1. The zero-order valence-electron chi connectivity index (χ0n) is 6.84. The van der Waals surface area contributed by atoms with Crippen LogP contribution in [0.15, 0.2) is 0 Å². The highest BCUT2D eigenvalue weighted by atomic mass is 16.2. The van der Waals surface area contributed by atoms with Crippen LogP contribution in [0, 0.1) is 0 Å². The van der Waals surface area contributed by atoms with E-state index in [-0.39, 0.29) is 0 Å². The molecule has 0 aliphatic carbocycles. The van der Waals surface area contributed by atoms with Crippen molar-refractivity contribution in [1.29, 1.82) is 0 Å². The molecule has 0 spiro atoms. The standard InChI is InChI=1S/C8H14N2O/c1-2-8(11)10-6-3-7(10)5-9-4-6/h6-7,9H,2-5H2,1H3.